The SMILES string of the molecule is CC1=CC(=O)c2ccccc2C1=O.CC1=CC(=O)c2ccccc2C1=O.CC1=CC(=O)c2ccccc2C1=O.CC1=CC(=O)c2ccccc2C1=O.Nc1cc2nc3cc(N)c(N)cc3nc2cc1N. The van der Waals surface area contributed by atoms with Crippen LogP contribution in [0.4, 0.5) is 22.7 Å². The van der Waals surface area contributed by atoms with Gasteiger partial charge in [-0.05, 0) is 76.3 Å². The molecular weight excluding hydrogens is 885 g/mol. The second kappa shape index (κ2) is 20.1. The summed E-state index contributed by atoms with van der Waals surface area (Å²) < 4.78 is 0. The summed E-state index contributed by atoms with van der Waals surface area (Å²) in [6, 6.07) is 34.4. The van der Waals surface area contributed by atoms with Crippen LogP contribution in [-0.2, 0) is 0 Å². The lowest BCUT2D eigenvalue weighted by Gasteiger charge is -2.11. The molecule has 0 atom stereocenters. The molecule has 6 aromatic carbocycles. The lowest BCUT2D eigenvalue weighted by molar-refractivity contribution is 0.0984. The number of ketones is 8. The standard InChI is InChI=1S/C12H12N6.4C11H8O2/c13-5-1-9-10(2-6(5)14)18-12-4-8(16)7(15)3-11(12)17-9;4*1-7-6-10(12)8-4-2-3-5-9(8)11(7)13/h1-4H,13-16H2;4*2-6H,1H3. The van der Waals surface area contributed by atoms with E-state index in [4.69, 9.17) is 22.9 Å². The van der Waals surface area contributed by atoms with Gasteiger partial charge in [0.2, 0.25) is 0 Å². The van der Waals surface area contributed by atoms with Crippen molar-refractivity contribution in [3.05, 3.63) is 212 Å². The molecule has 7 aromatic rings. The first-order valence-electron chi connectivity index (χ1n) is 21.6. The largest absolute Gasteiger partial charge is 0.397 e. The number of hydrogen-bond acceptors (Lipinski definition) is 14. The molecule has 1 aromatic heterocycles. The maximum absolute atomic E-state index is 11.5. The number of allylic oxidation sites excluding steroid dienone is 8. The summed E-state index contributed by atoms with van der Waals surface area (Å²) in [5.41, 5.74) is 33.8. The van der Waals surface area contributed by atoms with Crippen LogP contribution in [0.1, 0.15) is 111 Å². The Morgan fingerprint density at radius 2 is 0.457 bits per heavy atom. The molecule has 8 N–H and O–H groups in total. The normalized spacial score (nSPS) is 14.2. The number of hydrogen-bond donors (Lipinski definition) is 4. The third-order valence-corrected chi connectivity index (χ3v) is 11.4. The van der Waals surface area contributed by atoms with Crippen LogP contribution < -0.4 is 22.9 Å². The molecule has 4 aliphatic carbocycles. The van der Waals surface area contributed by atoms with Crippen LogP contribution in [-0.4, -0.2) is 56.2 Å². The van der Waals surface area contributed by atoms with Gasteiger partial charge >= 0.3 is 0 Å². The van der Waals surface area contributed by atoms with Crippen LogP contribution in [0.15, 0.2) is 168 Å². The van der Waals surface area contributed by atoms with Gasteiger partial charge in [0.05, 0.1) is 44.8 Å². The molecule has 14 nitrogen and oxygen atoms in total. The first-order chi connectivity index (χ1) is 33.3. The number of Topliss-reactive ketones (excluding diaryl/α,β-unsaturated/α-hetero) is 4. The van der Waals surface area contributed by atoms with Gasteiger partial charge in [-0.3, -0.25) is 38.4 Å². The van der Waals surface area contributed by atoms with E-state index in [1.165, 1.54) is 24.3 Å². The van der Waals surface area contributed by atoms with Gasteiger partial charge in [0.1, 0.15) is 0 Å². The zero-order valence-electron chi connectivity index (χ0n) is 38.3. The topological polar surface area (TPSA) is 266 Å². The predicted octanol–water partition coefficient (Wildman–Crippen LogP) is 9.16. The molecule has 0 bridgehead atoms. The van der Waals surface area contributed by atoms with Crippen LogP contribution in [0.3, 0.4) is 0 Å². The third kappa shape index (κ3) is 10.1. The van der Waals surface area contributed by atoms with Gasteiger partial charge in [-0.15, -0.1) is 0 Å². The van der Waals surface area contributed by atoms with Crippen molar-refractivity contribution >= 4 is 91.1 Å². The molecule has 0 fully saturated rings. The van der Waals surface area contributed by atoms with Crippen LogP contribution in [0, 0.1) is 0 Å². The third-order valence-electron chi connectivity index (χ3n) is 11.4. The van der Waals surface area contributed by atoms with E-state index in [2.05, 4.69) is 9.97 Å². The highest BCUT2D eigenvalue weighted by atomic mass is 16.2. The number of nitrogens with two attached hydrogens (primary N) is 4. The summed E-state index contributed by atoms with van der Waals surface area (Å²) in [7, 11) is 0. The average Bonchev–Trinajstić information content (AvgIpc) is 3.35. The molecular formula is C56H44N6O8. The Morgan fingerprint density at radius 1 is 0.286 bits per heavy atom. The molecule has 0 amide bonds. The van der Waals surface area contributed by atoms with E-state index in [9.17, 15) is 38.4 Å². The first kappa shape index (κ1) is 48.4. The Balaban J connectivity index is 0.000000130. The first-order valence-corrected chi connectivity index (χ1v) is 21.6. The zero-order valence-corrected chi connectivity index (χ0v) is 38.3. The highest BCUT2D eigenvalue weighted by Gasteiger charge is 2.25. The van der Waals surface area contributed by atoms with Gasteiger partial charge in [-0.25, -0.2) is 9.97 Å². The molecule has 0 saturated heterocycles. The molecule has 0 aliphatic heterocycles. The number of carbonyl (C=O) groups excluding carboxylic acids is 8. The van der Waals surface area contributed by atoms with E-state index in [-0.39, 0.29) is 46.3 Å². The smallest absolute Gasteiger partial charge is 0.189 e. The maximum atomic E-state index is 11.5. The number of aromatic nitrogens is 2. The van der Waals surface area contributed by atoms with Crippen molar-refractivity contribution in [3.8, 4) is 0 Å². The summed E-state index contributed by atoms with van der Waals surface area (Å²) >= 11 is 0. The molecule has 0 unspecified atom stereocenters. The Bertz CT molecular complexity index is 3120. The van der Waals surface area contributed by atoms with Gasteiger partial charge in [-0.1, -0.05) is 97.1 Å². The minimum absolute atomic E-state index is 0.0461. The number of nitrogen functional groups attached to an aromatic ring is 4. The molecule has 11 rings (SSSR count). The zero-order chi connectivity index (χ0) is 50.6. The van der Waals surface area contributed by atoms with Gasteiger partial charge < -0.3 is 22.9 Å². The minimum atomic E-state index is -0.0762. The van der Waals surface area contributed by atoms with Crippen molar-refractivity contribution in [3.63, 3.8) is 0 Å². The summed E-state index contributed by atoms with van der Waals surface area (Å²) in [4.78, 5) is 101. The maximum Gasteiger partial charge on any atom is 0.189 e. The van der Waals surface area contributed by atoms with E-state index in [0.717, 1.165) is 0 Å². The summed E-state index contributed by atoms with van der Waals surface area (Å²) in [5, 5.41) is 0. The second-order valence-electron chi connectivity index (χ2n) is 16.4. The lowest BCUT2D eigenvalue weighted by atomic mass is 9.90. The van der Waals surface area contributed by atoms with Gasteiger partial charge in [0.15, 0.2) is 46.3 Å². The monoisotopic (exact) mass is 928 g/mol. The quantitative estimate of drug-likeness (QED) is 0.0816. The lowest BCUT2D eigenvalue weighted by Crippen LogP contribution is -2.14. The Hall–Kier alpha value is -9.56. The molecule has 0 saturated carbocycles. The highest BCUT2D eigenvalue weighted by Crippen LogP contribution is 2.27. The number of benzene rings is 6. The van der Waals surface area contributed by atoms with Gasteiger partial charge in [-0.2, -0.15) is 0 Å². The second-order valence-corrected chi connectivity index (χ2v) is 16.4. The van der Waals surface area contributed by atoms with Crippen molar-refractivity contribution in [2.45, 2.75) is 27.7 Å². The predicted molar refractivity (Wildman–Crippen MR) is 270 cm³/mol. The van der Waals surface area contributed by atoms with E-state index < -0.39 is 0 Å². The Labute approximate surface area is 401 Å². The fraction of sp³-hybridized carbons (Fsp3) is 0.0714. The van der Waals surface area contributed by atoms with Crippen LogP contribution in [0.25, 0.3) is 22.1 Å². The molecule has 0 spiro atoms. The number of anilines is 4. The molecule has 14 heteroatoms. The number of nitrogens with zero attached hydrogens (tertiary/aromatic N) is 2. The van der Waals surface area contributed by atoms with E-state index in [1.54, 1.807) is 149 Å². The van der Waals surface area contributed by atoms with Crippen molar-refractivity contribution < 1.29 is 38.4 Å². The molecule has 70 heavy (non-hydrogen) atoms. The van der Waals surface area contributed by atoms with Gasteiger partial charge in [0.25, 0.3) is 0 Å². The average molecular weight is 929 g/mol. The highest BCUT2D eigenvalue weighted by molar-refractivity contribution is 6.26. The summed E-state index contributed by atoms with van der Waals surface area (Å²) in [6.45, 7) is 6.65. The van der Waals surface area contributed by atoms with Crippen molar-refractivity contribution in [2.75, 3.05) is 22.9 Å². The van der Waals surface area contributed by atoms with Crippen LogP contribution in [0.5, 0.6) is 0 Å². The van der Waals surface area contributed by atoms with Gasteiger partial charge in [0, 0.05) is 66.8 Å². The summed E-state index contributed by atoms with van der Waals surface area (Å²) in [5.74, 6) is -0.489. The Kier molecular flexibility index (Phi) is 13.9. The molecule has 0 radical (unpaired) electrons. The number of carbonyl (C=O) groups is 8. The number of fused-ring (bicyclic) bond motifs is 6. The van der Waals surface area contributed by atoms with E-state index in [1.807, 2.05) is 0 Å². The molecule has 346 valence electrons. The molecule has 1 heterocycles. The fourth-order valence-corrected chi connectivity index (χ4v) is 7.63. The fourth-order valence-electron chi connectivity index (χ4n) is 7.63. The van der Waals surface area contributed by atoms with E-state index >= 15 is 0 Å². The summed E-state index contributed by atoms with van der Waals surface area (Å²) in [6.07, 6.45) is 5.57. The van der Waals surface area contributed by atoms with E-state index in [0.29, 0.717) is 112 Å². The minimum Gasteiger partial charge on any atom is -0.397 e. The molecule has 4 aliphatic rings. The van der Waals surface area contributed by atoms with Crippen molar-refractivity contribution in [1.82, 2.24) is 9.97 Å². The van der Waals surface area contributed by atoms with Crippen LogP contribution in [0.2, 0.25) is 0 Å². The Morgan fingerprint density at radius 3 is 0.643 bits per heavy atom. The number of rotatable bonds is 0. The van der Waals surface area contributed by atoms with Crippen molar-refractivity contribution in [2.24, 2.45) is 0 Å². The van der Waals surface area contributed by atoms with Crippen molar-refractivity contribution in [1.29, 1.82) is 0 Å². The van der Waals surface area contributed by atoms with Crippen LogP contribution >= 0.6 is 0 Å².